The van der Waals surface area contributed by atoms with Gasteiger partial charge in [-0.05, 0) is 24.3 Å². The number of aromatic amines is 1. The number of H-pyrrole nitrogens is 1. The number of hydrogen-bond acceptors (Lipinski definition) is 6. The highest BCUT2D eigenvalue weighted by Gasteiger charge is 2.13. The van der Waals surface area contributed by atoms with E-state index < -0.39 is 24.0 Å². The molecule has 0 aliphatic heterocycles. The highest BCUT2D eigenvalue weighted by atomic mass is 16.5. The van der Waals surface area contributed by atoms with Crippen molar-refractivity contribution in [1.29, 1.82) is 0 Å². The summed E-state index contributed by atoms with van der Waals surface area (Å²) >= 11 is 0. The maximum absolute atomic E-state index is 11.7. The number of hydrogen-bond donors (Lipinski definition) is 2. The minimum absolute atomic E-state index is 0.158. The molecule has 0 unspecified atom stereocenters. The number of benzene rings is 1. The second kappa shape index (κ2) is 9.11. The molecule has 2 rings (SSSR count). The van der Waals surface area contributed by atoms with Crippen LogP contribution in [0.2, 0.25) is 0 Å². The molecule has 0 aliphatic carbocycles. The molecule has 0 spiro atoms. The molecule has 1 amide bonds. The van der Waals surface area contributed by atoms with E-state index in [1.807, 2.05) is 6.07 Å². The zero-order chi connectivity index (χ0) is 18.1. The number of aromatic nitrogens is 1. The Morgan fingerprint density at radius 2 is 1.88 bits per heavy atom. The van der Waals surface area contributed by atoms with E-state index in [-0.39, 0.29) is 18.7 Å². The molecular formula is C17H18N2O6. The van der Waals surface area contributed by atoms with Gasteiger partial charge in [-0.1, -0.05) is 12.1 Å². The number of amides is 1. The summed E-state index contributed by atoms with van der Waals surface area (Å²) in [5.41, 5.74) is -0.729. The van der Waals surface area contributed by atoms with E-state index >= 15 is 0 Å². The average Bonchev–Trinajstić information content (AvgIpc) is 2.64. The molecule has 0 atom stereocenters. The smallest absolute Gasteiger partial charge is 0.344 e. The van der Waals surface area contributed by atoms with Crippen LogP contribution in [0.3, 0.4) is 0 Å². The van der Waals surface area contributed by atoms with Crippen molar-refractivity contribution in [3.63, 3.8) is 0 Å². The molecule has 0 fully saturated rings. The van der Waals surface area contributed by atoms with E-state index in [9.17, 15) is 14.4 Å². The first-order valence-corrected chi connectivity index (χ1v) is 7.49. The van der Waals surface area contributed by atoms with E-state index in [0.717, 1.165) is 0 Å². The van der Waals surface area contributed by atoms with Crippen LogP contribution in [0.4, 0.5) is 0 Å². The van der Waals surface area contributed by atoms with Crippen LogP contribution in [-0.4, -0.2) is 43.7 Å². The van der Waals surface area contributed by atoms with Gasteiger partial charge in [-0.25, -0.2) is 4.79 Å². The fourth-order valence-electron chi connectivity index (χ4n) is 1.93. The van der Waals surface area contributed by atoms with Crippen LogP contribution < -0.4 is 20.3 Å². The monoisotopic (exact) mass is 346 g/mol. The number of pyridine rings is 1. The number of rotatable bonds is 8. The molecule has 8 heteroatoms. The fraction of sp³-hybridized carbons (Fsp3) is 0.235. The van der Waals surface area contributed by atoms with Crippen LogP contribution in [0, 0.1) is 0 Å². The standard InChI is InChI=1S/C17H18N2O6/c1-23-13-6-2-3-7-14(13)24-10-9-18-15(20)11-25-17(22)12-5-4-8-19-16(12)21/h2-8H,9-11H2,1H3,(H,18,20)(H,19,21). The van der Waals surface area contributed by atoms with Gasteiger partial charge in [0.25, 0.3) is 11.5 Å². The van der Waals surface area contributed by atoms with E-state index in [4.69, 9.17) is 14.2 Å². The minimum Gasteiger partial charge on any atom is -0.493 e. The molecular weight excluding hydrogens is 328 g/mol. The predicted octanol–water partition coefficient (Wildman–Crippen LogP) is 0.735. The third-order valence-electron chi connectivity index (χ3n) is 3.12. The van der Waals surface area contributed by atoms with E-state index in [1.54, 1.807) is 18.2 Å². The Morgan fingerprint density at radius 3 is 2.60 bits per heavy atom. The Kier molecular flexibility index (Phi) is 6.58. The molecule has 1 aromatic heterocycles. The third-order valence-corrected chi connectivity index (χ3v) is 3.12. The summed E-state index contributed by atoms with van der Waals surface area (Å²) in [5, 5.41) is 2.54. The van der Waals surface area contributed by atoms with Gasteiger partial charge in [-0.3, -0.25) is 9.59 Å². The second-order valence-corrected chi connectivity index (χ2v) is 4.84. The Bertz CT molecular complexity index is 786. The van der Waals surface area contributed by atoms with Crippen molar-refractivity contribution < 1.29 is 23.8 Å². The molecule has 1 heterocycles. The maximum Gasteiger partial charge on any atom is 0.344 e. The first-order valence-electron chi connectivity index (χ1n) is 7.49. The summed E-state index contributed by atoms with van der Waals surface area (Å²) in [4.78, 5) is 37.1. The van der Waals surface area contributed by atoms with Crippen molar-refractivity contribution in [2.75, 3.05) is 26.9 Å². The van der Waals surface area contributed by atoms with Crippen molar-refractivity contribution in [2.24, 2.45) is 0 Å². The predicted molar refractivity (Wildman–Crippen MR) is 88.8 cm³/mol. The highest BCUT2D eigenvalue weighted by Crippen LogP contribution is 2.25. The number of ether oxygens (including phenoxy) is 3. The van der Waals surface area contributed by atoms with Crippen molar-refractivity contribution in [2.45, 2.75) is 0 Å². The molecule has 0 saturated carbocycles. The summed E-state index contributed by atoms with van der Waals surface area (Å²) in [6.45, 7) is -0.0411. The van der Waals surface area contributed by atoms with Gasteiger partial charge < -0.3 is 24.5 Å². The summed E-state index contributed by atoms with van der Waals surface area (Å²) < 4.78 is 15.4. The van der Waals surface area contributed by atoms with Crippen LogP contribution in [0.5, 0.6) is 11.5 Å². The van der Waals surface area contributed by atoms with Gasteiger partial charge in [0.1, 0.15) is 12.2 Å². The summed E-state index contributed by atoms with van der Waals surface area (Å²) in [6.07, 6.45) is 1.40. The molecule has 132 valence electrons. The van der Waals surface area contributed by atoms with Gasteiger partial charge in [0.15, 0.2) is 18.1 Å². The molecule has 25 heavy (non-hydrogen) atoms. The number of para-hydroxylation sites is 2. The second-order valence-electron chi connectivity index (χ2n) is 4.84. The lowest BCUT2D eigenvalue weighted by Crippen LogP contribution is -2.32. The van der Waals surface area contributed by atoms with Crippen molar-refractivity contribution >= 4 is 11.9 Å². The molecule has 0 saturated heterocycles. The van der Waals surface area contributed by atoms with Gasteiger partial charge in [0.2, 0.25) is 0 Å². The SMILES string of the molecule is COc1ccccc1OCCNC(=O)COC(=O)c1ccc[nH]c1=O. The topological polar surface area (TPSA) is 107 Å². The zero-order valence-corrected chi connectivity index (χ0v) is 13.6. The number of nitrogens with one attached hydrogen (secondary N) is 2. The fourth-order valence-corrected chi connectivity index (χ4v) is 1.93. The first kappa shape index (κ1) is 18.1. The lowest BCUT2D eigenvalue weighted by atomic mass is 10.3. The minimum atomic E-state index is -0.859. The van der Waals surface area contributed by atoms with Crippen molar-refractivity contribution in [3.05, 3.63) is 58.5 Å². The van der Waals surface area contributed by atoms with E-state index in [1.165, 1.54) is 25.4 Å². The van der Waals surface area contributed by atoms with E-state index in [2.05, 4.69) is 10.3 Å². The van der Waals surface area contributed by atoms with Crippen molar-refractivity contribution in [3.8, 4) is 11.5 Å². The lowest BCUT2D eigenvalue weighted by molar-refractivity contribution is -0.124. The number of carbonyl (C=O) groups is 2. The number of esters is 1. The summed E-state index contributed by atoms with van der Waals surface area (Å²) in [6, 6.07) is 9.95. The lowest BCUT2D eigenvalue weighted by Gasteiger charge is -2.11. The molecule has 0 aliphatic rings. The third kappa shape index (κ3) is 5.38. The zero-order valence-electron chi connectivity index (χ0n) is 13.6. The Morgan fingerprint density at radius 1 is 1.12 bits per heavy atom. The van der Waals surface area contributed by atoms with Gasteiger partial charge in [-0.2, -0.15) is 0 Å². The summed E-state index contributed by atoms with van der Waals surface area (Å²) in [5.74, 6) is -0.198. The Balaban J connectivity index is 1.70. The van der Waals surface area contributed by atoms with Crippen LogP contribution in [0.15, 0.2) is 47.4 Å². The normalized spacial score (nSPS) is 9.96. The van der Waals surface area contributed by atoms with E-state index in [0.29, 0.717) is 11.5 Å². The molecule has 8 nitrogen and oxygen atoms in total. The summed E-state index contributed by atoms with van der Waals surface area (Å²) in [7, 11) is 1.54. The molecule has 2 aromatic rings. The molecule has 1 aromatic carbocycles. The Labute approximate surface area is 143 Å². The molecule has 0 radical (unpaired) electrons. The largest absolute Gasteiger partial charge is 0.493 e. The van der Waals surface area contributed by atoms with Crippen LogP contribution in [0.1, 0.15) is 10.4 Å². The van der Waals surface area contributed by atoms with Crippen molar-refractivity contribution in [1.82, 2.24) is 10.3 Å². The highest BCUT2D eigenvalue weighted by molar-refractivity contribution is 5.90. The maximum atomic E-state index is 11.7. The van der Waals surface area contributed by atoms with Crippen LogP contribution in [-0.2, 0) is 9.53 Å². The Hall–Kier alpha value is -3.29. The quantitative estimate of drug-likeness (QED) is 0.539. The molecule has 2 N–H and O–H groups in total. The van der Waals surface area contributed by atoms with Crippen LogP contribution in [0.25, 0.3) is 0 Å². The van der Waals surface area contributed by atoms with Crippen LogP contribution >= 0.6 is 0 Å². The number of carbonyl (C=O) groups excluding carboxylic acids is 2. The van der Waals surface area contributed by atoms with Gasteiger partial charge in [0, 0.05) is 6.20 Å². The van der Waals surface area contributed by atoms with Gasteiger partial charge in [0.05, 0.1) is 13.7 Å². The average molecular weight is 346 g/mol. The van der Waals surface area contributed by atoms with Gasteiger partial charge >= 0.3 is 5.97 Å². The first-order chi connectivity index (χ1) is 12.1. The molecule has 0 bridgehead atoms. The number of methoxy groups -OCH3 is 1. The van der Waals surface area contributed by atoms with Gasteiger partial charge in [-0.15, -0.1) is 0 Å².